The first-order chi connectivity index (χ1) is 10.00. The number of benzene rings is 2. The molecular formula is C16H16O4S. The first-order valence-electron chi connectivity index (χ1n) is 6.70. The Bertz CT molecular complexity index is 753. The maximum Gasteiger partial charge on any atom is 0.187 e. The average molecular weight is 304 g/mol. The standard InChI is InChI=1S/C16H16O4S/c1-11-7-8-14-13(9-11)16(17)15(10-20-14)21(18,19)12-5-3-2-4-6-12/h2-9,15-17H,10H2,1H3/t15-,16-/m1/s1. The first-order valence-corrected chi connectivity index (χ1v) is 8.25. The van der Waals surface area contributed by atoms with Crippen molar-refractivity contribution in [1.82, 2.24) is 0 Å². The minimum absolute atomic E-state index is 0.0472. The van der Waals surface area contributed by atoms with Gasteiger partial charge in [-0.05, 0) is 31.2 Å². The predicted molar refractivity (Wildman–Crippen MR) is 79.0 cm³/mol. The van der Waals surface area contributed by atoms with Gasteiger partial charge in [-0.15, -0.1) is 0 Å². The lowest BCUT2D eigenvalue weighted by Crippen LogP contribution is -2.37. The van der Waals surface area contributed by atoms with Crippen molar-refractivity contribution in [3.8, 4) is 5.75 Å². The topological polar surface area (TPSA) is 63.6 Å². The summed E-state index contributed by atoms with van der Waals surface area (Å²) in [5.74, 6) is 0.549. The SMILES string of the molecule is Cc1ccc2c(c1)[C@@H](O)[C@H](S(=O)(=O)c1ccccc1)CO2. The highest BCUT2D eigenvalue weighted by Gasteiger charge is 2.39. The van der Waals surface area contributed by atoms with E-state index in [1.165, 1.54) is 12.1 Å². The van der Waals surface area contributed by atoms with E-state index >= 15 is 0 Å². The van der Waals surface area contributed by atoms with Crippen LogP contribution in [-0.2, 0) is 9.84 Å². The molecule has 0 fully saturated rings. The summed E-state index contributed by atoms with van der Waals surface area (Å²) in [5, 5.41) is 9.49. The minimum atomic E-state index is -3.64. The van der Waals surface area contributed by atoms with Gasteiger partial charge in [0, 0.05) is 5.56 Å². The molecule has 1 aliphatic rings. The average Bonchev–Trinajstić information content (AvgIpc) is 2.49. The van der Waals surface area contributed by atoms with E-state index in [1.54, 1.807) is 30.3 Å². The molecule has 4 nitrogen and oxygen atoms in total. The van der Waals surface area contributed by atoms with Gasteiger partial charge in [-0.2, -0.15) is 0 Å². The van der Waals surface area contributed by atoms with Gasteiger partial charge in [-0.1, -0.05) is 29.8 Å². The van der Waals surface area contributed by atoms with Crippen LogP contribution in [0.4, 0.5) is 0 Å². The molecule has 0 amide bonds. The minimum Gasteiger partial charge on any atom is -0.492 e. The Labute approximate surface area is 123 Å². The van der Waals surface area contributed by atoms with Crippen LogP contribution in [0.5, 0.6) is 5.75 Å². The molecule has 110 valence electrons. The fourth-order valence-corrected chi connectivity index (χ4v) is 4.16. The van der Waals surface area contributed by atoms with Gasteiger partial charge in [-0.25, -0.2) is 8.42 Å². The van der Waals surface area contributed by atoms with E-state index in [2.05, 4.69) is 0 Å². The third kappa shape index (κ3) is 2.43. The molecule has 0 spiro atoms. The Morgan fingerprint density at radius 3 is 2.57 bits per heavy atom. The second-order valence-corrected chi connectivity index (χ2v) is 7.36. The summed E-state index contributed by atoms with van der Waals surface area (Å²) in [7, 11) is -3.64. The van der Waals surface area contributed by atoms with Gasteiger partial charge in [0.15, 0.2) is 9.84 Å². The normalized spacial score (nSPS) is 21.4. The Morgan fingerprint density at radius 1 is 1.14 bits per heavy atom. The van der Waals surface area contributed by atoms with Crippen LogP contribution >= 0.6 is 0 Å². The number of sulfone groups is 1. The van der Waals surface area contributed by atoms with Gasteiger partial charge in [-0.3, -0.25) is 0 Å². The van der Waals surface area contributed by atoms with Gasteiger partial charge >= 0.3 is 0 Å². The van der Waals surface area contributed by atoms with Crippen LogP contribution in [0, 0.1) is 6.92 Å². The van der Waals surface area contributed by atoms with Crippen molar-refractivity contribution in [2.24, 2.45) is 0 Å². The van der Waals surface area contributed by atoms with Crippen molar-refractivity contribution >= 4 is 9.84 Å². The summed E-state index contributed by atoms with van der Waals surface area (Å²) >= 11 is 0. The molecule has 1 heterocycles. The highest BCUT2D eigenvalue weighted by Crippen LogP contribution is 2.37. The second-order valence-electron chi connectivity index (χ2n) is 5.19. The summed E-state index contributed by atoms with van der Waals surface area (Å²) in [6.07, 6.45) is -1.08. The van der Waals surface area contributed by atoms with E-state index in [0.717, 1.165) is 5.56 Å². The molecule has 1 N–H and O–H groups in total. The van der Waals surface area contributed by atoms with E-state index in [4.69, 9.17) is 4.74 Å². The van der Waals surface area contributed by atoms with E-state index in [1.807, 2.05) is 13.0 Å². The molecule has 0 radical (unpaired) electrons. The fourth-order valence-electron chi connectivity index (χ4n) is 2.54. The van der Waals surface area contributed by atoms with Crippen LogP contribution in [0.2, 0.25) is 0 Å². The van der Waals surface area contributed by atoms with Gasteiger partial charge < -0.3 is 9.84 Å². The maximum atomic E-state index is 12.7. The van der Waals surface area contributed by atoms with E-state index in [9.17, 15) is 13.5 Å². The van der Waals surface area contributed by atoms with Gasteiger partial charge in [0.2, 0.25) is 0 Å². The smallest absolute Gasteiger partial charge is 0.187 e. The number of rotatable bonds is 2. The van der Waals surface area contributed by atoms with E-state index in [-0.39, 0.29) is 11.5 Å². The van der Waals surface area contributed by atoms with E-state index < -0.39 is 21.2 Å². The number of aryl methyl sites for hydroxylation is 1. The van der Waals surface area contributed by atoms with Crippen LogP contribution in [0.15, 0.2) is 53.4 Å². The Morgan fingerprint density at radius 2 is 1.86 bits per heavy atom. The monoisotopic (exact) mass is 304 g/mol. The van der Waals surface area contributed by atoms with Gasteiger partial charge in [0.25, 0.3) is 0 Å². The third-order valence-corrected chi connectivity index (χ3v) is 5.83. The number of hydrogen-bond acceptors (Lipinski definition) is 4. The number of ether oxygens (including phenoxy) is 1. The molecule has 0 unspecified atom stereocenters. The van der Waals surface area contributed by atoms with Crippen molar-refractivity contribution in [3.05, 3.63) is 59.7 Å². The number of aliphatic hydroxyl groups is 1. The third-order valence-electron chi connectivity index (χ3n) is 3.71. The molecule has 0 saturated heterocycles. The summed E-state index contributed by atoms with van der Waals surface area (Å²) in [4.78, 5) is 0.203. The molecule has 2 aromatic carbocycles. The van der Waals surface area contributed by atoms with Crippen molar-refractivity contribution < 1.29 is 18.3 Å². The molecule has 2 atom stereocenters. The molecule has 5 heteroatoms. The molecule has 2 aromatic rings. The fraction of sp³-hybridized carbons (Fsp3) is 0.250. The summed E-state index contributed by atoms with van der Waals surface area (Å²) < 4.78 is 30.8. The molecule has 1 aliphatic heterocycles. The molecule has 21 heavy (non-hydrogen) atoms. The zero-order chi connectivity index (χ0) is 15.0. The largest absolute Gasteiger partial charge is 0.492 e. The van der Waals surface area contributed by atoms with Crippen molar-refractivity contribution in [2.45, 2.75) is 23.2 Å². The molecule has 0 saturated carbocycles. The number of hydrogen-bond donors (Lipinski definition) is 1. The van der Waals surface area contributed by atoms with Gasteiger partial charge in [0.05, 0.1) is 4.90 Å². The van der Waals surface area contributed by atoms with Crippen LogP contribution in [0.25, 0.3) is 0 Å². The summed E-state index contributed by atoms with van der Waals surface area (Å²) in [5.41, 5.74) is 1.49. The van der Waals surface area contributed by atoms with Gasteiger partial charge in [0.1, 0.15) is 23.7 Å². The maximum absolute atomic E-state index is 12.7. The molecule has 0 aromatic heterocycles. The van der Waals surface area contributed by atoms with Crippen molar-refractivity contribution in [3.63, 3.8) is 0 Å². The summed E-state index contributed by atoms with van der Waals surface area (Å²) in [6, 6.07) is 13.6. The zero-order valence-corrected chi connectivity index (χ0v) is 12.4. The highest BCUT2D eigenvalue weighted by atomic mass is 32.2. The van der Waals surface area contributed by atoms with Crippen LogP contribution in [-0.4, -0.2) is 25.4 Å². The first kappa shape index (κ1) is 14.1. The Hall–Kier alpha value is -1.85. The van der Waals surface area contributed by atoms with Crippen molar-refractivity contribution in [1.29, 1.82) is 0 Å². The van der Waals surface area contributed by atoms with Crippen LogP contribution in [0.3, 0.4) is 0 Å². The van der Waals surface area contributed by atoms with Crippen molar-refractivity contribution in [2.75, 3.05) is 6.61 Å². The quantitative estimate of drug-likeness (QED) is 0.924. The summed E-state index contributed by atoms with van der Waals surface area (Å²) in [6.45, 7) is 1.84. The van der Waals surface area contributed by atoms with E-state index in [0.29, 0.717) is 11.3 Å². The predicted octanol–water partition coefficient (Wildman–Crippen LogP) is 2.26. The lowest BCUT2D eigenvalue weighted by molar-refractivity contribution is 0.119. The lowest BCUT2D eigenvalue weighted by Gasteiger charge is -2.30. The Balaban J connectivity index is 2.02. The van der Waals surface area contributed by atoms with Crippen LogP contribution < -0.4 is 4.74 Å². The highest BCUT2D eigenvalue weighted by molar-refractivity contribution is 7.92. The number of aliphatic hydroxyl groups excluding tert-OH is 1. The molecular weight excluding hydrogens is 288 g/mol. The molecule has 0 bridgehead atoms. The van der Waals surface area contributed by atoms with Crippen LogP contribution in [0.1, 0.15) is 17.2 Å². The number of fused-ring (bicyclic) bond motifs is 1. The Kier molecular flexibility index (Phi) is 3.47. The molecule has 0 aliphatic carbocycles. The lowest BCUT2D eigenvalue weighted by atomic mass is 10.0. The second kappa shape index (κ2) is 5.16. The molecule has 3 rings (SSSR count). The zero-order valence-electron chi connectivity index (χ0n) is 11.6.